The molecule has 16 heavy (non-hydrogen) atoms. The fourth-order valence-corrected chi connectivity index (χ4v) is 3.79. The average molecular weight is 367 g/mol. The number of hydrogen-bond acceptors (Lipinski definition) is 2. The summed E-state index contributed by atoms with van der Waals surface area (Å²) < 4.78 is 2.33. The maximum absolute atomic E-state index is 3.76. The third kappa shape index (κ3) is 4.32. The van der Waals surface area contributed by atoms with Gasteiger partial charge in [-0.15, -0.1) is 17.9 Å². The fourth-order valence-electron chi connectivity index (χ4n) is 1.59. The highest BCUT2D eigenvalue weighted by Gasteiger charge is 2.14. The molecule has 0 aliphatic carbocycles. The van der Waals surface area contributed by atoms with Crippen molar-refractivity contribution < 1.29 is 0 Å². The van der Waals surface area contributed by atoms with Gasteiger partial charge in [0.25, 0.3) is 0 Å². The zero-order valence-corrected chi connectivity index (χ0v) is 13.4. The molecule has 0 aromatic carbocycles. The molecule has 1 aromatic rings. The van der Waals surface area contributed by atoms with Crippen LogP contribution in [0, 0.1) is 0 Å². The highest BCUT2D eigenvalue weighted by Crippen LogP contribution is 2.36. The van der Waals surface area contributed by atoms with Gasteiger partial charge in [0, 0.05) is 15.4 Å². The van der Waals surface area contributed by atoms with Crippen LogP contribution in [0.3, 0.4) is 0 Å². The van der Waals surface area contributed by atoms with Crippen molar-refractivity contribution in [2.45, 2.75) is 32.2 Å². The minimum absolute atomic E-state index is 0.470. The summed E-state index contributed by atoms with van der Waals surface area (Å²) >= 11 is 8.88. The predicted molar refractivity (Wildman–Crippen MR) is 80.2 cm³/mol. The Morgan fingerprint density at radius 1 is 1.56 bits per heavy atom. The van der Waals surface area contributed by atoms with Crippen molar-refractivity contribution in [1.82, 2.24) is 5.32 Å². The lowest BCUT2D eigenvalue weighted by Gasteiger charge is -2.15. The van der Waals surface area contributed by atoms with Crippen LogP contribution >= 0.6 is 43.2 Å². The van der Waals surface area contributed by atoms with Gasteiger partial charge >= 0.3 is 0 Å². The number of rotatable bonds is 7. The molecule has 1 N–H and O–H groups in total. The van der Waals surface area contributed by atoms with Crippen LogP contribution in [0.4, 0.5) is 0 Å². The Balaban J connectivity index is 2.64. The van der Waals surface area contributed by atoms with Gasteiger partial charge in [0.1, 0.15) is 0 Å². The number of nitrogens with one attached hydrogen (secondary N) is 1. The second-order valence-electron chi connectivity index (χ2n) is 3.60. The molecule has 1 unspecified atom stereocenters. The van der Waals surface area contributed by atoms with Gasteiger partial charge in [0.2, 0.25) is 0 Å². The molecule has 1 heterocycles. The lowest BCUT2D eigenvalue weighted by molar-refractivity contribution is 0.507. The summed E-state index contributed by atoms with van der Waals surface area (Å²) in [5.74, 6) is 0. The van der Waals surface area contributed by atoms with Crippen LogP contribution < -0.4 is 5.32 Å². The van der Waals surface area contributed by atoms with Crippen molar-refractivity contribution in [2.75, 3.05) is 6.54 Å². The molecule has 0 amide bonds. The van der Waals surface area contributed by atoms with E-state index in [-0.39, 0.29) is 0 Å². The molecule has 0 spiro atoms. The molecular formula is C12H17Br2NS. The normalized spacial score (nSPS) is 12.7. The highest BCUT2D eigenvalue weighted by atomic mass is 79.9. The summed E-state index contributed by atoms with van der Waals surface area (Å²) in [6.07, 6.45) is 5.44. The predicted octanol–water partition coefficient (Wildman–Crippen LogP) is 5.28. The van der Waals surface area contributed by atoms with Crippen molar-refractivity contribution in [3.63, 3.8) is 0 Å². The van der Waals surface area contributed by atoms with E-state index in [1.54, 1.807) is 11.3 Å². The molecule has 1 rings (SSSR count). The number of halogens is 2. The van der Waals surface area contributed by atoms with Crippen LogP contribution in [0.2, 0.25) is 0 Å². The number of hydrogen-bond donors (Lipinski definition) is 1. The lowest BCUT2D eigenvalue weighted by atomic mass is 10.1. The monoisotopic (exact) mass is 365 g/mol. The third-order valence-corrected chi connectivity index (χ3v) is 5.73. The van der Waals surface area contributed by atoms with E-state index in [1.165, 1.54) is 21.5 Å². The fraction of sp³-hybridized carbons (Fsp3) is 0.500. The van der Waals surface area contributed by atoms with Crippen LogP contribution in [-0.4, -0.2) is 6.54 Å². The zero-order valence-electron chi connectivity index (χ0n) is 9.43. The first kappa shape index (κ1) is 14.4. The second kappa shape index (κ2) is 7.64. The minimum Gasteiger partial charge on any atom is -0.310 e. The summed E-state index contributed by atoms with van der Waals surface area (Å²) in [5.41, 5.74) is 0. The quantitative estimate of drug-likeness (QED) is 0.511. The van der Waals surface area contributed by atoms with E-state index in [0.717, 1.165) is 17.4 Å². The molecule has 1 aromatic heterocycles. The summed E-state index contributed by atoms with van der Waals surface area (Å²) in [6.45, 7) is 6.92. The molecule has 0 radical (unpaired) electrons. The topological polar surface area (TPSA) is 12.0 Å². The van der Waals surface area contributed by atoms with E-state index < -0.39 is 0 Å². The molecule has 1 nitrogen and oxygen atoms in total. The first-order valence-electron chi connectivity index (χ1n) is 5.48. The molecule has 0 fully saturated rings. The summed E-state index contributed by atoms with van der Waals surface area (Å²) in [7, 11) is 0. The number of allylic oxidation sites excluding steroid dienone is 1. The number of unbranched alkanes of at least 4 members (excludes halogenated alkanes) is 1. The van der Waals surface area contributed by atoms with E-state index >= 15 is 0 Å². The van der Waals surface area contributed by atoms with Gasteiger partial charge in [0.05, 0.1) is 3.79 Å². The van der Waals surface area contributed by atoms with Crippen molar-refractivity contribution >= 4 is 43.2 Å². The smallest absolute Gasteiger partial charge is 0.0843 e. The Hall–Kier alpha value is 0.360. The van der Waals surface area contributed by atoms with Crippen molar-refractivity contribution in [3.8, 4) is 0 Å². The Labute approximate surface area is 119 Å². The standard InChI is InChI=1S/C12H17Br2NS/c1-3-5-6-7-10(15-4-2)11-8-9(13)12(14)16-11/h3,8,10,15H,1,4-7H2,2H3. The van der Waals surface area contributed by atoms with Crippen LogP contribution in [0.1, 0.15) is 37.1 Å². The highest BCUT2D eigenvalue weighted by molar-refractivity contribution is 9.13. The summed E-state index contributed by atoms with van der Waals surface area (Å²) in [4.78, 5) is 1.39. The molecule has 1 atom stereocenters. The number of thiophene rings is 1. The summed E-state index contributed by atoms with van der Waals surface area (Å²) in [6, 6.07) is 2.67. The van der Waals surface area contributed by atoms with E-state index in [2.05, 4.69) is 56.7 Å². The van der Waals surface area contributed by atoms with Gasteiger partial charge in [-0.2, -0.15) is 0 Å². The Kier molecular flexibility index (Phi) is 6.89. The maximum Gasteiger partial charge on any atom is 0.0843 e. The lowest BCUT2D eigenvalue weighted by Crippen LogP contribution is -2.19. The molecule has 0 saturated carbocycles. The Morgan fingerprint density at radius 2 is 2.31 bits per heavy atom. The van der Waals surface area contributed by atoms with Crippen LogP contribution in [0.25, 0.3) is 0 Å². The van der Waals surface area contributed by atoms with Crippen LogP contribution in [0.15, 0.2) is 27.0 Å². The molecule has 0 saturated heterocycles. The van der Waals surface area contributed by atoms with Gasteiger partial charge in [-0.1, -0.05) is 13.0 Å². The van der Waals surface area contributed by atoms with Gasteiger partial charge in [-0.05, 0) is 63.7 Å². The van der Waals surface area contributed by atoms with Gasteiger partial charge < -0.3 is 5.32 Å². The van der Waals surface area contributed by atoms with Crippen molar-refractivity contribution in [2.24, 2.45) is 0 Å². The first-order chi connectivity index (χ1) is 7.69. The minimum atomic E-state index is 0.470. The van der Waals surface area contributed by atoms with E-state index in [0.29, 0.717) is 6.04 Å². The van der Waals surface area contributed by atoms with Crippen LogP contribution in [-0.2, 0) is 0 Å². The largest absolute Gasteiger partial charge is 0.310 e. The van der Waals surface area contributed by atoms with Gasteiger partial charge in [0.15, 0.2) is 0 Å². The average Bonchev–Trinajstić information content (AvgIpc) is 2.58. The van der Waals surface area contributed by atoms with E-state index in [4.69, 9.17) is 0 Å². The summed E-state index contributed by atoms with van der Waals surface area (Å²) in [5, 5.41) is 3.53. The Morgan fingerprint density at radius 3 is 2.81 bits per heavy atom. The molecule has 0 aliphatic heterocycles. The molecule has 0 aliphatic rings. The van der Waals surface area contributed by atoms with Crippen molar-refractivity contribution in [1.29, 1.82) is 0 Å². The Bertz CT molecular complexity index is 316. The van der Waals surface area contributed by atoms with Crippen LogP contribution in [0.5, 0.6) is 0 Å². The molecule has 4 heteroatoms. The van der Waals surface area contributed by atoms with Gasteiger partial charge in [-0.3, -0.25) is 0 Å². The van der Waals surface area contributed by atoms with E-state index in [9.17, 15) is 0 Å². The van der Waals surface area contributed by atoms with E-state index in [1.807, 2.05) is 6.08 Å². The molecule has 0 bridgehead atoms. The van der Waals surface area contributed by atoms with Gasteiger partial charge in [-0.25, -0.2) is 0 Å². The maximum atomic E-state index is 3.76. The molecular weight excluding hydrogens is 350 g/mol. The second-order valence-corrected chi connectivity index (χ2v) is 6.86. The zero-order chi connectivity index (χ0) is 12.0. The van der Waals surface area contributed by atoms with Crippen molar-refractivity contribution in [3.05, 3.63) is 31.9 Å². The SMILES string of the molecule is C=CCCCC(NCC)c1cc(Br)c(Br)s1. The third-order valence-electron chi connectivity index (χ3n) is 2.36. The first-order valence-corrected chi connectivity index (χ1v) is 7.88. The molecule has 90 valence electrons.